The lowest BCUT2D eigenvalue weighted by Crippen LogP contribution is -2.42. The van der Waals surface area contributed by atoms with Gasteiger partial charge in [0, 0.05) is 30.6 Å². The Morgan fingerprint density at radius 1 is 1.17 bits per heavy atom. The highest BCUT2D eigenvalue weighted by molar-refractivity contribution is 6.06. The van der Waals surface area contributed by atoms with E-state index in [9.17, 15) is 18.4 Å². The molecule has 3 rings (SSSR count). The highest BCUT2D eigenvalue weighted by Crippen LogP contribution is 2.24. The zero-order chi connectivity index (χ0) is 16.4. The quantitative estimate of drug-likeness (QED) is 0.938. The Morgan fingerprint density at radius 3 is 2.48 bits per heavy atom. The maximum atomic E-state index is 13.2. The second-order valence-corrected chi connectivity index (χ2v) is 5.01. The normalized spacial score (nSPS) is 17.4. The maximum absolute atomic E-state index is 13.2. The molecular formula is C15H12F2N4O2. The predicted octanol–water partition coefficient (Wildman–Crippen LogP) is 1.89. The van der Waals surface area contributed by atoms with Crippen LogP contribution in [0.25, 0.3) is 0 Å². The van der Waals surface area contributed by atoms with E-state index in [0.29, 0.717) is 6.07 Å². The van der Waals surface area contributed by atoms with Gasteiger partial charge in [-0.3, -0.25) is 14.5 Å². The summed E-state index contributed by atoms with van der Waals surface area (Å²) in [5, 5.41) is 2.42. The molecule has 1 aliphatic rings. The molecule has 0 bridgehead atoms. The van der Waals surface area contributed by atoms with Gasteiger partial charge < -0.3 is 5.32 Å². The van der Waals surface area contributed by atoms with Gasteiger partial charge >= 0.3 is 0 Å². The van der Waals surface area contributed by atoms with Crippen molar-refractivity contribution < 1.29 is 18.4 Å². The van der Waals surface area contributed by atoms with Crippen molar-refractivity contribution in [3.63, 3.8) is 0 Å². The minimum absolute atomic E-state index is 0.0132. The van der Waals surface area contributed by atoms with E-state index >= 15 is 0 Å². The SMILES string of the molecule is O=C(Nc1cc(F)cc(F)c1)[C@@H]1CCC(=O)N1c1ncccn1. The number of carbonyl (C=O) groups excluding carboxylic acids is 2. The van der Waals surface area contributed by atoms with Crippen LogP contribution >= 0.6 is 0 Å². The maximum Gasteiger partial charge on any atom is 0.247 e. The molecule has 1 aromatic heterocycles. The van der Waals surface area contributed by atoms with Crippen LogP contribution in [0.15, 0.2) is 36.7 Å². The van der Waals surface area contributed by atoms with E-state index in [0.717, 1.165) is 12.1 Å². The number of rotatable bonds is 3. The first-order chi connectivity index (χ1) is 11.0. The first-order valence-electron chi connectivity index (χ1n) is 6.90. The average Bonchev–Trinajstić information content (AvgIpc) is 2.89. The summed E-state index contributed by atoms with van der Waals surface area (Å²) in [4.78, 5) is 33.5. The third-order valence-corrected chi connectivity index (χ3v) is 3.41. The fourth-order valence-electron chi connectivity index (χ4n) is 2.45. The van der Waals surface area contributed by atoms with Crippen LogP contribution in [0.4, 0.5) is 20.4 Å². The van der Waals surface area contributed by atoms with Crippen LogP contribution in [0.1, 0.15) is 12.8 Å². The summed E-state index contributed by atoms with van der Waals surface area (Å²) >= 11 is 0. The van der Waals surface area contributed by atoms with Crippen LogP contribution in [0.3, 0.4) is 0 Å². The van der Waals surface area contributed by atoms with Crippen LogP contribution in [-0.4, -0.2) is 27.8 Å². The lowest BCUT2D eigenvalue weighted by atomic mass is 10.2. The molecule has 1 aliphatic heterocycles. The number of benzene rings is 1. The zero-order valence-corrected chi connectivity index (χ0v) is 11.9. The third kappa shape index (κ3) is 3.15. The lowest BCUT2D eigenvalue weighted by Gasteiger charge is -2.21. The molecule has 8 heteroatoms. The lowest BCUT2D eigenvalue weighted by molar-refractivity contribution is -0.120. The topological polar surface area (TPSA) is 75.2 Å². The fourth-order valence-corrected chi connectivity index (χ4v) is 2.45. The van der Waals surface area contributed by atoms with Gasteiger partial charge in [-0.1, -0.05) is 0 Å². The number of hydrogen-bond acceptors (Lipinski definition) is 4. The molecule has 2 heterocycles. The summed E-state index contributed by atoms with van der Waals surface area (Å²) in [5.41, 5.74) is -0.0132. The average molecular weight is 318 g/mol. The largest absolute Gasteiger partial charge is 0.324 e. The molecule has 0 aliphatic carbocycles. The summed E-state index contributed by atoms with van der Waals surface area (Å²) in [6, 6.07) is 3.48. The number of aromatic nitrogens is 2. The summed E-state index contributed by atoms with van der Waals surface area (Å²) in [6.07, 6.45) is 3.38. The molecule has 23 heavy (non-hydrogen) atoms. The molecule has 1 atom stereocenters. The van der Waals surface area contributed by atoms with Gasteiger partial charge in [-0.25, -0.2) is 18.7 Å². The Balaban J connectivity index is 1.82. The van der Waals surface area contributed by atoms with E-state index in [1.54, 1.807) is 6.07 Å². The Kier molecular flexibility index (Phi) is 3.96. The molecule has 0 saturated carbocycles. The number of carbonyl (C=O) groups is 2. The standard InChI is InChI=1S/C15H12F2N4O2/c16-9-6-10(17)8-11(7-9)20-14(23)12-2-3-13(22)21(12)15-18-4-1-5-19-15/h1,4-8,12H,2-3H2,(H,20,23)/t12-/m0/s1. The second kappa shape index (κ2) is 6.07. The fraction of sp³-hybridized carbons (Fsp3) is 0.200. The minimum Gasteiger partial charge on any atom is -0.324 e. The highest BCUT2D eigenvalue weighted by Gasteiger charge is 2.38. The molecule has 1 saturated heterocycles. The first-order valence-corrected chi connectivity index (χ1v) is 6.90. The van der Waals surface area contributed by atoms with Gasteiger partial charge in [0.1, 0.15) is 17.7 Å². The second-order valence-electron chi connectivity index (χ2n) is 5.01. The monoisotopic (exact) mass is 318 g/mol. The number of nitrogens with zero attached hydrogens (tertiary/aromatic N) is 3. The van der Waals surface area contributed by atoms with Crippen molar-refractivity contribution in [3.8, 4) is 0 Å². The summed E-state index contributed by atoms with van der Waals surface area (Å²) in [6.45, 7) is 0. The van der Waals surface area contributed by atoms with E-state index in [1.165, 1.54) is 17.3 Å². The Labute approximate surface area is 130 Å². The zero-order valence-electron chi connectivity index (χ0n) is 11.9. The predicted molar refractivity (Wildman–Crippen MR) is 77.5 cm³/mol. The minimum atomic E-state index is -0.823. The number of hydrogen-bond donors (Lipinski definition) is 1. The molecule has 1 aromatic carbocycles. The van der Waals surface area contributed by atoms with Crippen molar-refractivity contribution in [2.24, 2.45) is 0 Å². The summed E-state index contributed by atoms with van der Waals surface area (Å²) in [5.74, 6) is -2.30. The van der Waals surface area contributed by atoms with E-state index < -0.39 is 23.6 Å². The van der Waals surface area contributed by atoms with Gasteiger partial charge in [0.15, 0.2) is 0 Å². The van der Waals surface area contributed by atoms with Crippen molar-refractivity contribution in [2.75, 3.05) is 10.2 Å². The van der Waals surface area contributed by atoms with Gasteiger partial charge in [-0.05, 0) is 24.6 Å². The Hall–Kier alpha value is -2.90. The summed E-state index contributed by atoms with van der Waals surface area (Å²) < 4.78 is 26.4. The number of nitrogens with one attached hydrogen (secondary N) is 1. The molecule has 1 fully saturated rings. The van der Waals surface area contributed by atoms with Crippen molar-refractivity contribution in [3.05, 3.63) is 48.3 Å². The van der Waals surface area contributed by atoms with Crippen LogP contribution in [0.5, 0.6) is 0 Å². The molecular weight excluding hydrogens is 306 g/mol. The van der Waals surface area contributed by atoms with Gasteiger partial charge in [-0.2, -0.15) is 0 Å². The van der Waals surface area contributed by atoms with Gasteiger partial charge in [0.2, 0.25) is 17.8 Å². The number of halogens is 2. The van der Waals surface area contributed by atoms with Crippen LogP contribution in [0, 0.1) is 11.6 Å². The summed E-state index contributed by atoms with van der Waals surface area (Å²) in [7, 11) is 0. The van der Waals surface area contributed by atoms with Crippen molar-refractivity contribution in [1.82, 2.24) is 9.97 Å². The van der Waals surface area contributed by atoms with Crippen LogP contribution in [-0.2, 0) is 9.59 Å². The van der Waals surface area contributed by atoms with Crippen molar-refractivity contribution >= 4 is 23.5 Å². The Morgan fingerprint density at radius 2 is 1.83 bits per heavy atom. The molecule has 0 unspecified atom stereocenters. The van der Waals surface area contributed by atoms with Crippen LogP contribution < -0.4 is 10.2 Å². The molecule has 118 valence electrons. The molecule has 2 amide bonds. The number of anilines is 2. The van der Waals surface area contributed by atoms with E-state index in [-0.39, 0.29) is 30.4 Å². The van der Waals surface area contributed by atoms with E-state index in [4.69, 9.17) is 0 Å². The molecule has 0 spiro atoms. The molecule has 0 radical (unpaired) electrons. The molecule has 2 aromatic rings. The smallest absolute Gasteiger partial charge is 0.247 e. The van der Waals surface area contributed by atoms with E-state index in [2.05, 4.69) is 15.3 Å². The van der Waals surface area contributed by atoms with Crippen molar-refractivity contribution in [1.29, 1.82) is 0 Å². The molecule has 1 N–H and O–H groups in total. The van der Waals surface area contributed by atoms with Gasteiger partial charge in [0.05, 0.1) is 0 Å². The Bertz CT molecular complexity index is 734. The third-order valence-electron chi connectivity index (χ3n) is 3.41. The van der Waals surface area contributed by atoms with Crippen molar-refractivity contribution in [2.45, 2.75) is 18.9 Å². The van der Waals surface area contributed by atoms with Gasteiger partial charge in [-0.15, -0.1) is 0 Å². The van der Waals surface area contributed by atoms with E-state index in [1.807, 2.05) is 0 Å². The first kappa shape index (κ1) is 15.0. The number of amides is 2. The van der Waals surface area contributed by atoms with Gasteiger partial charge in [0.25, 0.3) is 0 Å². The highest BCUT2D eigenvalue weighted by atomic mass is 19.1. The molecule has 6 nitrogen and oxygen atoms in total. The van der Waals surface area contributed by atoms with Crippen LogP contribution in [0.2, 0.25) is 0 Å².